The van der Waals surface area contributed by atoms with E-state index in [1.807, 2.05) is 49.4 Å². The lowest BCUT2D eigenvalue weighted by Gasteiger charge is -2.19. The Morgan fingerprint density at radius 2 is 2.00 bits per heavy atom. The van der Waals surface area contributed by atoms with E-state index in [-0.39, 0.29) is 11.7 Å². The second kappa shape index (κ2) is 9.89. The highest BCUT2D eigenvalue weighted by Gasteiger charge is 2.11. The number of aryl methyl sites for hydroxylation is 1. The molecule has 0 saturated heterocycles. The molecule has 0 bridgehead atoms. The van der Waals surface area contributed by atoms with Crippen LogP contribution >= 0.6 is 11.8 Å². The van der Waals surface area contributed by atoms with E-state index < -0.39 is 0 Å². The standard InChI is InChI=1S/C20H24N6OS/c1-16-8-6-11-18(14-16)26-20(22-23-24-26)28-15-19(27)21-12-7-13-25(2)17-9-4-3-5-10-17/h3-6,8-11,14H,7,12-13,15H2,1-2H3,(H,21,27). The fourth-order valence-corrected chi connectivity index (χ4v) is 3.45. The van der Waals surface area contributed by atoms with Crippen LogP contribution in [-0.2, 0) is 4.79 Å². The summed E-state index contributed by atoms with van der Waals surface area (Å²) >= 11 is 1.33. The number of para-hydroxylation sites is 1. The quantitative estimate of drug-likeness (QED) is 0.443. The molecule has 0 atom stereocenters. The van der Waals surface area contributed by atoms with E-state index in [4.69, 9.17) is 0 Å². The van der Waals surface area contributed by atoms with Crippen LogP contribution in [0.3, 0.4) is 0 Å². The van der Waals surface area contributed by atoms with Crippen LogP contribution < -0.4 is 10.2 Å². The van der Waals surface area contributed by atoms with Gasteiger partial charge >= 0.3 is 0 Å². The zero-order valence-corrected chi connectivity index (χ0v) is 16.9. The molecule has 28 heavy (non-hydrogen) atoms. The van der Waals surface area contributed by atoms with E-state index in [2.05, 4.69) is 44.9 Å². The third-order valence-corrected chi connectivity index (χ3v) is 5.13. The van der Waals surface area contributed by atoms with Gasteiger partial charge in [-0.05, 0) is 53.6 Å². The first-order chi connectivity index (χ1) is 13.6. The minimum Gasteiger partial charge on any atom is -0.375 e. The van der Waals surface area contributed by atoms with Gasteiger partial charge in [0.2, 0.25) is 11.1 Å². The van der Waals surface area contributed by atoms with Gasteiger partial charge in [-0.15, -0.1) is 5.10 Å². The molecule has 0 spiro atoms. The number of nitrogens with zero attached hydrogens (tertiary/aromatic N) is 5. The summed E-state index contributed by atoms with van der Waals surface area (Å²) < 4.78 is 1.65. The summed E-state index contributed by atoms with van der Waals surface area (Å²) in [5, 5.41) is 15.3. The summed E-state index contributed by atoms with van der Waals surface area (Å²) in [5.41, 5.74) is 3.19. The Kier molecular flexibility index (Phi) is 7.02. The number of amides is 1. The number of rotatable bonds is 9. The second-order valence-corrected chi connectivity index (χ2v) is 7.40. The molecule has 2 aromatic carbocycles. The molecule has 0 fully saturated rings. The zero-order chi connectivity index (χ0) is 19.8. The van der Waals surface area contributed by atoms with Gasteiger partial charge < -0.3 is 10.2 Å². The summed E-state index contributed by atoms with van der Waals surface area (Å²) in [6, 6.07) is 18.1. The summed E-state index contributed by atoms with van der Waals surface area (Å²) in [5.74, 6) is 0.256. The van der Waals surface area contributed by atoms with Crippen LogP contribution in [0.4, 0.5) is 5.69 Å². The molecule has 0 saturated carbocycles. The summed E-state index contributed by atoms with van der Waals surface area (Å²) in [4.78, 5) is 14.3. The van der Waals surface area contributed by atoms with Gasteiger partial charge in [0.05, 0.1) is 11.4 Å². The lowest BCUT2D eigenvalue weighted by molar-refractivity contribution is -0.118. The number of nitrogens with one attached hydrogen (secondary N) is 1. The molecule has 1 aromatic heterocycles. The average molecular weight is 397 g/mol. The zero-order valence-electron chi connectivity index (χ0n) is 16.1. The monoisotopic (exact) mass is 396 g/mol. The van der Waals surface area contributed by atoms with Gasteiger partial charge in [0.15, 0.2) is 0 Å². The third-order valence-electron chi connectivity index (χ3n) is 4.21. The summed E-state index contributed by atoms with van der Waals surface area (Å²) in [7, 11) is 2.05. The lowest BCUT2D eigenvalue weighted by Crippen LogP contribution is -2.29. The van der Waals surface area contributed by atoms with Gasteiger partial charge in [0.1, 0.15) is 0 Å². The molecule has 1 N–H and O–H groups in total. The number of carbonyl (C=O) groups excluding carboxylic acids is 1. The maximum absolute atomic E-state index is 12.1. The average Bonchev–Trinajstić information content (AvgIpc) is 3.19. The smallest absolute Gasteiger partial charge is 0.230 e. The van der Waals surface area contributed by atoms with Crippen molar-refractivity contribution in [1.82, 2.24) is 25.5 Å². The highest BCUT2D eigenvalue weighted by Crippen LogP contribution is 2.18. The van der Waals surface area contributed by atoms with Crippen LogP contribution in [0.25, 0.3) is 5.69 Å². The van der Waals surface area contributed by atoms with Crippen LogP contribution in [0.1, 0.15) is 12.0 Å². The van der Waals surface area contributed by atoms with Crippen LogP contribution in [-0.4, -0.2) is 52.0 Å². The van der Waals surface area contributed by atoms with Crippen molar-refractivity contribution in [3.05, 3.63) is 60.2 Å². The Labute approximate surface area is 169 Å². The van der Waals surface area contributed by atoms with E-state index in [1.165, 1.54) is 17.4 Å². The Bertz CT molecular complexity index is 898. The molecule has 0 aliphatic carbocycles. The van der Waals surface area contributed by atoms with Gasteiger partial charge in [-0.2, -0.15) is 4.68 Å². The Morgan fingerprint density at radius 3 is 2.79 bits per heavy atom. The van der Waals surface area contributed by atoms with Crippen molar-refractivity contribution < 1.29 is 4.79 Å². The molecular weight excluding hydrogens is 372 g/mol. The molecule has 3 aromatic rings. The first kappa shape index (κ1) is 19.9. The number of thioether (sulfide) groups is 1. The minimum absolute atomic E-state index is 0.0221. The largest absolute Gasteiger partial charge is 0.375 e. The minimum atomic E-state index is -0.0221. The number of anilines is 1. The Morgan fingerprint density at radius 1 is 1.18 bits per heavy atom. The Hall–Kier alpha value is -2.87. The molecule has 0 aliphatic heterocycles. The molecule has 8 heteroatoms. The maximum atomic E-state index is 12.1. The number of carbonyl (C=O) groups is 1. The number of aromatic nitrogens is 4. The second-order valence-electron chi connectivity index (χ2n) is 6.46. The fraction of sp³-hybridized carbons (Fsp3) is 0.300. The molecule has 0 radical (unpaired) electrons. The number of hydrogen-bond acceptors (Lipinski definition) is 6. The van der Waals surface area contributed by atoms with Crippen molar-refractivity contribution in [2.75, 3.05) is 30.8 Å². The molecule has 3 rings (SSSR count). The fourth-order valence-electron chi connectivity index (χ4n) is 2.73. The molecule has 1 heterocycles. The third kappa shape index (κ3) is 5.56. The maximum Gasteiger partial charge on any atom is 0.230 e. The van der Waals surface area contributed by atoms with E-state index in [0.717, 1.165) is 24.2 Å². The summed E-state index contributed by atoms with van der Waals surface area (Å²) in [6.45, 7) is 3.53. The normalized spacial score (nSPS) is 10.6. The van der Waals surface area contributed by atoms with Crippen LogP contribution in [0, 0.1) is 6.92 Å². The predicted octanol–water partition coefficient (Wildman–Crippen LogP) is 2.71. The molecule has 7 nitrogen and oxygen atoms in total. The highest BCUT2D eigenvalue weighted by atomic mass is 32.2. The van der Waals surface area contributed by atoms with E-state index in [1.54, 1.807) is 4.68 Å². The van der Waals surface area contributed by atoms with Gasteiger partial charge in [-0.1, -0.05) is 42.1 Å². The molecule has 0 aliphatic rings. The first-order valence-corrected chi connectivity index (χ1v) is 10.1. The SMILES string of the molecule is Cc1cccc(-n2nnnc2SCC(=O)NCCCN(C)c2ccccc2)c1. The topological polar surface area (TPSA) is 75.9 Å². The predicted molar refractivity (Wildman–Crippen MR) is 112 cm³/mol. The first-order valence-electron chi connectivity index (χ1n) is 9.14. The molecule has 0 unspecified atom stereocenters. The van der Waals surface area contributed by atoms with Crippen molar-refractivity contribution in [3.8, 4) is 5.69 Å². The van der Waals surface area contributed by atoms with Crippen LogP contribution in [0.2, 0.25) is 0 Å². The molecular formula is C20H24N6OS. The molecule has 1 amide bonds. The number of benzene rings is 2. The van der Waals surface area contributed by atoms with Crippen LogP contribution in [0.15, 0.2) is 59.8 Å². The van der Waals surface area contributed by atoms with Crippen molar-refractivity contribution in [2.24, 2.45) is 0 Å². The van der Waals surface area contributed by atoms with Gasteiger partial charge in [-0.25, -0.2) is 0 Å². The number of hydrogen-bond donors (Lipinski definition) is 1. The number of tetrazole rings is 1. The lowest BCUT2D eigenvalue weighted by atomic mass is 10.2. The summed E-state index contributed by atoms with van der Waals surface area (Å²) in [6.07, 6.45) is 0.878. The van der Waals surface area contributed by atoms with Crippen molar-refractivity contribution in [1.29, 1.82) is 0 Å². The van der Waals surface area contributed by atoms with Gasteiger partial charge in [0.25, 0.3) is 0 Å². The van der Waals surface area contributed by atoms with Crippen LogP contribution in [0.5, 0.6) is 0 Å². The van der Waals surface area contributed by atoms with E-state index in [0.29, 0.717) is 11.7 Å². The Balaban J connectivity index is 1.41. The van der Waals surface area contributed by atoms with Gasteiger partial charge in [-0.3, -0.25) is 4.79 Å². The van der Waals surface area contributed by atoms with E-state index in [9.17, 15) is 4.79 Å². The van der Waals surface area contributed by atoms with Crippen molar-refractivity contribution in [3.63, 3.8) is 0 Å². The van der Waals surface area contributed by atoms with Crippen molar-refractivity contribution >= 4 is 23.4 Å². The molecule has 146 valence electrons. The van der Waals surface area contributed by atoms with Crippen molar-refractivity contribution in [2.45, 2.75) is 18.5 Å². The van der Waals surface area contributed by atoms with E-state index >= 15 is 0 Å². The van der Waals surface area contributed by atoms with Gasteiger partial charge in [0, 0.05) is 25.8 Å². The highest BCUT2D eigenvalue weighted by molar-refractivity contribution is 7.99.